The Morgan fingerprint density at radius 1 is 0.846 bits per heavy atom. The van der Waals surface area contributed by atoms with Gasteiger partial charge in [0.25, 0.3) is 0 Å². The van der Waals surface area contributed by atoms with Crippen LogP contribution < -0.4 is 9.80 Å². The number of nitrogens with zero attached hydrogens (tertiary/aromatic N) is 3. The zero-order valence-electron chi connectivity index (χ0n) is 14.1. The molecule has 0 fully saturated rings. The van der Waals surface area contributed by atoms with Crippen molar-refractivity contribution in [2.75, 3.05) is 16.5 Å². The average molecular weight is 339 g/mol. The van der Waals surface area contributed by atoms with Gasteiger partial charge in [0.15, 0.2) is 0 Å². The number of hydrogen-bond acceptors (Lipinski definition) is 3. The molecule has 3 aromatic carbocycles. The summed E-state index contributed by atoms with van der Waals surface area (Å²) in [6.07, 6.45) is 1.73. The van der Waals surface area contributed by atoms with Crippen LogP contribution in [0.5, 0.6) is 0 Å². The molecule has 1 aliphatic rings. The highest BCUT2D eigenvalue weighted by atomic mass is 15.4. The van der Waals surface area contributed by atoms with E-state index in [0.29, 0.717) is 12.5 Å². The number of benzene rings is 3. The summed E-state index contributed by atoms with van der Waals surface area (Å²) < 4.78 is 0. The van der Waals surface area contributed by atoms with Gasteiger partial charge in [-0.15, -0.1) is 0 Å². The maximum atomic E-state index is 8.64. The Bertz CT molecular complexity index is 1090. The van der Waals surface area contributed by atoms with Gasteiger partial charge in [-0.05, 0) is 23.6 Å². The van der Waals surface area contributed by atoms with Crippen molar-refractivity contribution in [3.63, 3.8) is 0 Å². The summed E-state index contributed by atoms with van der Waals surface area (Å²) in [6, 6.07) is 24.7. The number of hydrogen-bond donors (Lipinski definition) is 2. The Morgan fingerprint density at radius 2 is 1.62 bits per heavy atom. The molecule has 5 rings (SSSR count). The van der Waals surface area contributed by atoms with E-state index in [1.807, 2.05) is 35.2 Å². The van der Waals surface area contributed by atoms with E-state index in [4.69, 9.17) is 5.41 Å². The van der Waals surface area contributed by atoms with Crippen molar-refractivity contribution in [1.82, 2.24) is 10.2 Å². The quantitative estimate of drug-likeness (QED) is 0.565. The van der Waals surface area contributed by atoms with Crippen LogP contribution in [0, 0.1) is 5.41 Å². The molecule has 2 N–H and O–H groups in total. The summed E-state index contributed by atoms with van der Waals surface area (Å²) in [5, 5.41) is 18.3. The largest absolute Gasteiger partial charge is 0.308 e. The molecule has 0 saturated heterocycles. The van der Waals surface area contributed by atoms with Crippen molar-refractivity contribution in [2.24, 2.45) is 0 Å². The Labute approximate surface area is 151 Å². The van der Waals surface area contributed by atoms with Gasteiger partial charge in [0.05, 0.1) is 17.4 Å². The lowest BCUT2D eigenvalue weighted by molar-refractivity contribution is 0.897. The topological polar surface area (TPSA) is 59.0 Å². The van der Waals surface area contributed by atoms with Gasteiger partial charge in [-0.25, -0.2) is 0 Å². The summed E-state index contributed by atoms with van der Waals surface area (Å²) >= 11 is 0. The number of nitrogens with one attached hydrogen (secondary N) is 2. The SMILES string of the molecule is N=C1c2cn[nH]c2N(c2cccc3ccccc23)CN1c1ccccc1. The van der Waals surface area contributed by atoms with Crippen LogP contribution in [0.15, 0.2) is 79.0 Å². The van der Waals surface area contributed by atoms with Gasteiger partial charge < -0.3 is 9.80 Å². The number of amidine groups is 1. The zero-order valence-corrected chi connectivity index (χ0v) is 14.1. The van der Waals surface area contributed by atoms with E-state index in [-0.39, 0.29) is 0 Å². The maximum absolute atomic E-state index is 8.64. The molecule has 26 heavy (non-hydrogen) atoms. The fraction of sp³-hybridized carbons (Fsp3) is 0.0476. The number of anilines is 3. The predicted octanol–water partition coefficient (Wildman–Crippen LogP) is 4.50. The fourth-order valence-electron chi connectivity index (χ4n) is 3.55. The van der Waals surface area contributed by atoms with E-state index in [2.05, 4.69) is 57.6 Å². The smallest absolute Gasteiger partial charge is 0.141 e. The standard InChI is InChI=1S/C21H17N5/c22-20-18-13-23-24-21(18)26(14-25(20)16-9-2-1-3-10-16)19-12-6-8-15-7-4-5-11-17(15)19/h1-13,22H,14H2,(H,23,24). The first-order valence-corrected chi connectivity index (χ1v) is 8.53. The van der Waals surface area contributed by atoms with Crippen LogP contribution in [0.2, 0.25) is 0 Å². The van der Waals surface area contributed by atoms with Crippen molar-refractivity contribution in [2.45, 2.75) is 0 Å². The van der Waals surface area contributed by atoms with Gasteiger partial charge in [-0.3, -0.25) is 10.5 Å². The number of para-hydroxylation sites is 1. The summed E-state index contributed by atoms with van der Waals surface area (Å²) in [7, 11) is 0. The minimum Gasteiger partial charge on any atom is -0.308 e. The van der Waals surface area contributed by atoms with Crippen LogP contribution in [0.1, 0.15) is 5.56 Å². The van der Waals surface area contributed by atoms with E-state index in [1.54, 1.807) is 6.20 Å². The highest BCUT2D eigenvalue weighted by Crippen LogP contribution is 2.37. The molecule has 0 atom stereocenters. The summed E-state index contributed by atoms with van der Waals surface area (Å²) in [5.74, 6) is 1.31. The molecule has 0 bridgehead atoms. The van der Waals surface area contributed by atoms with E-state index < -0.39 is 0 Å². The Kier molecular flexibility index (Phi) is 3.25. The number of rotatable bonds is 2. The third kappa shape index (κ3) is 2.18. The first-order valence-electron chi connectivity index (χ1n) is 8.53. The molecular weight excluding hydrogens is 322 g/mol. The second-order valence-corrected chi connectivity index (χ2v) is 6.31. The molecule has 0 spiro atoms. The molecule has 5 nitrogen and oxygen atoms in total. The van der Waals surface area contributed by atoms with Crippen molar-refractivity contribution >= 4 is 33.8 Å². The number of aromatic nitrogens is 2. The van der Waals surface area contributed by atoms with Gasteiger partial charge in [-0.1, -0.05) is 54.6 Å². The maximum Gasteiger partial charge on any atom is 0.141 e. The first kappa shape index (κ1) is 14.7. The van der Waals surface area contributed by atoms with Crippen LogP contribution in [-0.2, 0) is 0 Å². The fourth-order valence-corrected chi connectivity index (χ4v) is 3.55. The van der Waals surface area contributed by atoms with Crippen LogP contribution in [0.4, 0.5) is 17.2 Å². The minimum atomic E-state index is 0.455. The van der Waals surface area contributed by atoms with Crippen LogP contribution in [-0.4, -0.2) is 22.7 Å². The summed E-state index contributed by atoms with van der Waals surface area (Å²) in [4.78, 5) is 4.19. The average Bonchev–Trinajstić information content (AvgIpc) is 3.19. The third-order valence-electron chi connectivity index (χ3n) is 4.82. The zero-order chi connectivity index (χ0) is 17.5. The van der Waals surface area contributed by atoms with E-state index >= 15 is 0 Å². The number of fused-ring (bicyclic) bond motifs is 2. The molecule has 4 aromatic rings. The molecule has 0 radical (unpaired) electrons. The minimum absolute atomic E-state index is 0.455. The second-order valence-electron chi connectivity index (χ2n) is 6.31. The summed E-state index contributed by atoms with van der Waals surface area (Å²) in [5.41, 5.74) is 2.89. The van der Waals surface area contributed by atoms with E-state index in [0.717, 1.165) is 22.8 Å². The van der Waals surface area contributed by atoms with Crippen LogP contribution >= 0.6 is 0 Å². The van der Waals surface area contributed by atoms with Crippen molar-refractivity contribution in [1.29, 1.82) is 5.41 Å². The highest BCUT2D eigenvalue weighted by molar-refractivity contribution is 6.14. The van der Waals surface area contributed by atoms with Gasteiger partial charge in [0.2, 0.25) is 0 Å². The van der Waals surface area contributed by atoms with Gasteiger partial charge in [-0.2, -0.15) is 5.10 Å². The van der Waals surface area contributed by atoms with Crippen molar-refractivity contribution in [3.05, 3.63) is 84.6 Å². The Hall–Kier alpha value is -3.60. The third-order valence-corrected chi connectivity index (χ3v) is 4.82. The molecule has 0 saturated carbocycles. The molecule has 1 aliphatic heterocycles. The molecule has 2 heterocycles. The second kappa shape index (κ2) is 5.74. The summed E-state index contributed by atoms with van der Waals surface area (Å²) in [6.45, 7) is 0.548. The molecule has 126 valence electrons. The molecule has 0 amide bonds. The highest BCUT2D eigenvalue weighted by Gasteiger charge is 2.30. The Balaban J connectivity index is 1.69. The molecule has 1 aromatic heterocycles. The van der Waals surface area contributed by atoms with Gasteiger partial charge in [0.1, 0.15) is 18.3 Å². The monoisotopic (exact) mass is 339 g/mol. The van der Waals surface area contributed by atoms with Gasteiger partial charge in [0, 0.05) is 11.1 Å². The van der Waals surface area contributed by atoms with Crippen molar-refractivity contribution in [3.8, 4) is 0 Å². The molecule has 0 aliphatic carbocycles. The predicted molar refractivity (Wildman–Crippen MR) is 105 cm³/mol. The number of H-pyrrole nitrogens is 1. The van der Waals surface area contributed by atoms with E-state index in [1.165, 1.54) is 10.8 Å². The molecular formula is C21H17N5. The lowest BCUT2D eigenvalue weighted by Crippen LogP contribution is -2.44. The van der Waals surface area contributed by atoms with E-state index in [9.17, 15) is 0 Å². The molecule has 0 unspecified atom stereocenters. The van der Waals surface area contributed by atoms with Crippen LogP contribution in [0.3, 0.4) is 0 Å². The lowest BCUT2D eigenvalue weighted by Gasteiger charge is -2.38. The number of aromatic amines is 1. The lowest BCUT2D eigenvalue weighted by atomic mass is 10.1. The molecule has 5 heteroatoms. The van der Waals surface area contributed by atoms with Gasteiger partial charge >= 0.3 is 0 Å². The van der Waals surface area contributed by atoms with Crippen molar-refractivity contribution < 1.29 is 0 Å². The normalized spacial score (nSPS) is 13.9. The first-order chi connectivity index (χ1) is 12.8. The van der Waals surface area contributed by atoms with Crippen LogP contribution in [0.25, 0.3) is 10.8 Å². The Morgan fingerprint density at radius 3 is 2.50 bits per heavy atom.